The molecule has 1 aliphatic carbocycles. The Bertz CT molecular complexity index is 1240. The van der Waals surface area contributed by atoms with Gasteiger partial charge in [0.2, 0.25) is 0 Å². The van der Waals surface area contributed by atoms with Crippen molar-refractivity contribution in [1.29, 1.82) is 0 Å². The average Bonchev–Trinajstić information content (AvgIpc) is 3.67. The molecule has 1 saturated heterocycles. The van der Waals surface area contributed by atoms with Gasteiger partial charge in [-0.25, -0.2) is 0 Å². The topological polar surface area (TPSA) is 70.8 Å². The number of aliphatic hydroxyl groups excluding tert-OH is 1. The Balaban J connectivity index is 1.48. The van der Waals surface area contributed by atoms with Crippen molar-refractivity contribution < 1.29 is 14.6 Å². The van der Waals surface area contributed by atoms with Crippen molar-refractivity contribution in [3.8, 4) is 5.75 Å². The van der Waals surface area contributed by atoms with Gasteiger partial charge in [-0.1, -0.05) is 0 Å². The van der Waals surface area contributed by atoms with Crippen molar-refractivity contribution in [2.24, 2.45) is 13.0 Å². The lowest BCUT2D eigenvalue weighted by molar-refractivity contribution is 0.0332. The number of pyridine rings is 1. The number of rotatable bonds is 5. The van der Waals surface area contributed by atoms with Crippen LogP contribution in [0.3, 0.4) is 0 Å². The summed E-state index contributed by atoms with van der Waals surface area (Å²) in [6.07, 6.45) is 8.07. The third-order valence-corrected chi connectivity index (χ3v) is 8.54. The fourth-order valence-electron chi connectivity index (χ4n) is 6.47. The Morgan fingerprint density at radius 1 is 1.17 bits per heavy atom. The van der Waals surface area contributed by atoms with E-state index in [1.807, 2.05) is 11.0 Å². The number of aryl methyl sites for hydroxylation is 1. The van der Waals surface area contributed by atoms with Crippen LogP contribution < -0.4 is 4.74 Å². The molecule has 1 aromatic carbocycles. The molecule has 2 aliphatic heterocycles. The zero-order valence-corrected chi connectivity index (χ0v) is 20.6. The average molecular weight is 475 g/mol. The van der Waals surface area contributed by atoms with Crippen molar-refractivity contribution in [2.75, 3.05) is 39.9 Å². The fraction of sp³-hybridized carbons (Fsp3) is 0.500. The van der Waals surface area contributed by atoms with Crippen LogP contribution in [-0.4, -0.2) is 70.3 Å². The smallest absolute Gasteiger partial charge is 0.254 e. The van der Waals surface area contributed by atoms with Gasteiger partial charge in [-0.05, 0) is 74.5 Å². The third kappa shape index (κ3) is 3.72. The molecule has 4 heterocycles. The van der Waals surface area contributed by atoms with E-state index in [9.17, 15) is 9.90 Å². The van der Waals surface area contributed by atoms with E-state index >= 15 is 0 Å². The van der Waals surface area contributed by atoms with Crippen LogP contribution in [0.25, 0.3) is 10.9 Å². The van der Waals surface area contributed by atoms with Gasteiger partial charge < -0.3 is 24.2 Å². The zero-order valence-electron chi connectivity index (χ0n) is 20.6. The molecule has 2 aromatic heterocycles. The Hall–Kier alpha value is -2.90. The number of nitrogens with zero attached hydrogens (tertiary/aromatic N) is 4. The number of likely N-dealkylation sites (tertiary alicyclic amines) is 1. The molecule has 3 aliphatic rings. The number of hydrogen-bond acceptors (Lipinski definition) is 5. The fourth-order valence-corrected chi connectivity index (χ4v) is 6.47. The van der Waals surface area contributed by atoms with E-state index in [0.29, 0.717) is 12.1 Å². The van der Waals surface area contributed by atoms with Crippen LogP contribution in [-0.2, 0) is 12.5 Å². The van der Waals surface area contributed by atoms with Crippen LogP contribution >= 0.6 is 0 Å². The number of fused-ring (bicyclic) bond motifs is 4. The van der Waals surface area contributed by atoms with E-state index in [0.717, 1.165) is 48.8 Å². The molecule has 1 saturated carbocycles. The van der Waals surface area contributed by atoms with Gasteiger partial charge in [0.25, 0.3) is 5.91 Å². The lowest BCUT2D eigenvalue weighted by Gasteiger charge is -2.50. The van der Waals surface area contributed by atoms with Crippen molar-refractivity contribution >= 4 is 16.8 Å². The van der Waals surface area contributed by atoms with E-state index < -0.39 is 6.04 Å². The summed E-state index contributed by atoms with van der Waals surface area (Å²) in [5, 5.41) is 11.9. The standard InChI is InChI=1S/C28H34N4O3/c1-30-23-15-21(35-2)5-6-22(23)25-26(30)24(17-33)32(27(34)20-7-11-29-12-8-20)18-28(25)9-13-31(14-10-28)16-19-3-4-19/h5-8,11-12,15,19,24,33H,3-4,9-10,13-14,16-18H2,1-2H3/t24-/m1/s1. The van der Waals surface area contributed by atoms with E-state index in [4.69, 9.17) is 4.74 Å². The van der Waals surface area contributed by atoms with Crippen LogP contribution in [0.2, 0.25) is 0 Å². The zero-order chi connectivity index (χ0) is 24.2. The Morgan fingerprint density at radius 3 is 2.57 bits per heavy atom. The van der Waals surface area contributed by atoms with Crippen molar-refractivity contribution in [1.82, 2.24) is 19.4 Å². The van der Waals surface area contributed by atoms with Crippen LogP contribution in [0, 0.1) is 5.92 Å². The molecule has 1 atom stereocenters. The summed E-state index contributed by atoms with van der Waals surface area (Å²) in [7, 11) is 3.74. The van der Waals surface area contributed by atoms with Gasteiger partial charge in [0.1, 0.15) is 5.75 Å². The summed E-state index contributed by atoms with van der Waals surface area (Å²) in [5.74, 6) is 1.65. The number of amides is 1. The van der Waals surface area contributed by atoms with Gasteiger partial charge in [0.15, 0.2) is 0 Å². The number of benzene rings is 1. The van der Waals surface area contributed by atoms with Crippen LogP contribution in [0.15, 0.2) is 42.7 Å². The first kappa shape index (κ1) is 22.6. The first-order chi connectivity index (χ1) is 17.0. The van der Waals surface area contributed by atoms with Gasteiger partial charge in [0.05, 0.1) is 25.3 Å². The van der Waals surface area contributed by atoms with Crippen molar-refractivity contribution in [2.45, 2.75) is 37.1 Å². The van der Waals surface area contributed by atoms with Gasteiger partial charge >= 0.3 is 0 Å². The Labute approximate surface area is 206 Å². The summed E-state index contributed by atoms with van der Waals surface area (Å²) in [5.41, 5.74) is 3.94. The summed E-state index contributed by atoms with van der Waals surface area (Å²) in [4.78, 5) is 22.4. The number of ether oxygens (including phenoxy) is 1. The largest absolute Gasteiger partial charge is 0.497 e. The van der Waals surface area contributed by atoms with Crippen molar-refractivity contribution in [3.05, 3.63) is 59.5 Å². The molecule has 2 fully saturated rings. The molecular formula is C28H34N4O3. The van der Waals surface area contributed by atoms with E-state index in [1.165, 1.54) is 30.3 Å². The molecule has 3 aromatic rings. The maximum atomic E-state index is 13.8. The Morgan fingerprint density at radius 2 is 1.91 bits per heavy atom. The summed E-state index contributed by atoms with van der Waals surface area (Å²) >= 11 is 0. The summed E-state index contributed by atoms with van der Waals surface area (Å²) in [6, 6.07) is 9.41. The van der Waals surface area contributed by atoms with Crippen LogP contribution in [0.1, 0.15) is 53.3 Å². The predicted molar refractivity (Wildman–Crippen MR) is 135 cm³/mol. The molecule has 6 rings (SSSR count). The number of carbonyl (C=O) groups excluding carboxylic acids is 1. The first-order valence-corrected chi connectivity index (χ1v) is 12.8. The molecule has 35 heavy (non-hydrogen) atoms. The van der Waals surface area contributed by atoms with Crippen molar-refractivity contribution in [3.63, 3.8) is 0 Å². The SMILES string of the molecule is COc1ccc2c3c(n(C)c2c1)[C@@H](CO)N(C(=O)c1ccncc1)CC31CCN(CC2CC2)CC1. The molecule has 1 spiro atoms. The van der Waals surface area contributed by atoms with Crippen LogP contribution in [0.5, 0.6) is 5.75 Å². The van der Waals surface area contributed by atoms with E-state index in [-0.39, 0.29) is 17.9 Å². The minimum absolute atomic E-state index is 0.0419. The molecule has 0 radical (unpaired) electrons. The summed E-state index contributed by atoms with van der Waals surface area (Å²) in [6.45, 7) is 3.80. The molecule has 1 amide bonds. The minimum atomic E-state index is -0.399. The monoisotopic (exact) mass is 474 g/mol. The maximum Gasteiger partial charge on any atom is 0.254 e. The number of aromatic nitrogens is 2. The molecule has 7 nitrogen and oxygen atoms in total. The second-order valence-electron chi connectivity index (χ2n) is 10.6. The minimum Gasteiger partial charge on any atom is -0.497 e. The number of hydrogen-bond donors (Lipinski definition) is 1. The highest BCUT2D eigenvalue weighted by molar-refractivity contribution is 5.96. The van der Waals surface area contributed by atoms with Gasteiger partial charge in [-0.15, -0.1) is 0 Å². The van der Waals surface area contributed by atoms with Crippen LogP contribution in [0.4, 0.5) is 0 Å². The third-order valence-electron chi connectivity index (χ3n) is 8.54. The number of aliphatic hydroxyl groups is 1. The Kier molecular flexibility index (Phi) is 5.57. The summed E-state index contributed by atoms with van der Waals surface area (Å²) < 4.78 is 7.71. The number of piperidine rings is 1. The van der Waals surface area contributed by atoms with Gasteiger partial charge in [0, 0.05) is 60.7 Å². The van der Waals surface area contributed by atoms with E-state index in [1.54, 1.807) is 31.6 Å². The predicted octanol–water partition coefficient (Wildman–Crippen LogP) is 3.51. The highest BCUT2D eigenvalue weighted by atomic mass is 16.5. The molecule has 1 N–H and O–H groups in total. The second-order valence-corrected chi connectivity index (χ2v) is 10.6. The van der Waals surface area contributed by atoms with Gasteiger partial charge in [-0.3, -0.25) is 9.78 Å². The lowest BCUT2D eigenvalue weighted by Crippen LogP contribution is -2.55. The lowest BCUT2D eigenvalue weighted by atomic mass is 9.68. The quantitative estimate of drug-likeness (QED) is 0.613. The number of methoxy groups -OCH3 is 1. The molecule has 0 bridgehead atoms. The molecule has 0 unspecified atom stereocenters. The molecular weight excluding hydrogens is 440 g/mol. The number of carbonyl (C=O) groups is 1. The normalized spacial score (nSPS) is 21.9. The second kappa shape index (κ2) is 8.64. The highest BCUT2D eigenvalue weighted by Crippen LogP contribution is 2.50. The first-order valence-electron chi connectivity index (χ1n) is 12.8. The molecule has 184 valence electrons. The maximum absolute atomic E-state index is 13.8. The van der Waals surface area contributed by atoms with Gasteiger partial charge in [-0.2, -0.15) is 0 Å². The molecule has 7 heteroatoms. The van der Waals surface area contributed by atoms with E-state index in [2.05, 4.69) is 33.6 Å². The highest BCUT2D eigenvalue weighted by Gasteiger charge is 2.49.